The van der Waals surface area contributed by atoms with Gasteiger partial charge in [-0.15, -0.1) is 0 Å². The van der Waals surface area contributed by atoms with E-state index in [2.05, 4.69) is 0 Å². The van der Waals surface area contributed by atoms with E-state index in [0.717, 1.165) is 18.4 Å². The zero-order valence-corrected chi connectivity index (χ0v) is 13.1. The summed E-state index contributed by atoms with van der Waals surface area (Å²) in [7, 11) is -3.16. The second-order valence-corrected chi connectivity index (χ2v) is 8.44. The lowest BCUT2D eigenvalue weighted by Crippen LogP contribution is -2.35. The highest BCUT2D eigenvalue weighted by Crippen LogP contribution is 2.31. The SMILES string of the molecule is N[C@@H]1CN(S(=O)(=O)CC2CCCC2)C[C@H]1c1ccccc1. The molecule has 0 unspecified atom stereocenters. The highest BCUT2D eigenvalue weighted by Gasteiger charge is 2.38. The summed E-state index contributed by atoms with van der Waals surface area (Å²) in [4.78, 5) is 0. The molecule has 1 saturated heterocycles. The third-order valence-electron chi connectivity index (χ3n) is 4.87. The van der Waals surface area contributed by atoms with Gasteiger partial charge in [0.25, 0.3) is 0 Å². The van der Waals surface area contributed by atoms with E-state index in [1.54, 1.807) is 4.31 Å². The van der Waals surface area contributed by atoms with E-state index in [4.69, 9.17) is 5.73 Å². The van der Waals surface area contributed by atoms with Crippen LogP contribution in [0.15, 0.2) is 30.3 Å². The minimum Gasteiger partial charge on any atom is -0.326 e. The minimum absolute atomic E-state index is 0.106. The van der Waals surface area contributed by atoms with Gasteiger partial charge in [0.1, 0.15) is 0 Å². The van der Waals surface area contributed by atoms with Gasteiger partial charge in [0.15, 0.2) is 0 Å². The Kier molecular flexibility index (Phi) is 4.33. The smallest absolute Gasteiger partial charge is 0.214 e. The average Bonchev–Trinajstić information content (AvgIpc) is 3.09. The highest BCUT2D eigenvalue weighted by molar-refractivity contribution is 7.89. The van der Waals surface area contributed by atoms with Crippen LogP contribution in [0.3, 0.4) is 0 Å². The van der Waals surface area contributed by atoms with Gasteiger partial charge in [-0.25, -0.2) is 8.42 Å². The number of nitrogens with two attached hydrogens (primary N) is 1. The maximum atomic E-state index is 12.6. The third kappa shape index (κ3) is 3.30. The molecule has 1 saturated carbocycles. The molecule has 2 fully saturated rings. The lowest BCUT2D eigenvalue weighted by atomic mass is 9.95. The van der Waals surface area contributed by atoms with Gasteiger partial charge in [0.05, 0.1) is 5.75 Å². The van der Waals surface area contributed by atoms with Crippen molar-refractivity contribution in [1.29, 1.82) is 0 Å². The van der Waals surface area contributed by atoms with Crippen molar-refractivity contribution < 1.29 is 8.42 Å². The molecule has 0 amide bonds. The lowest BCUT2D eigenvalue weighted by Gasteiger charge is -2.19. The molecule has 3 rings (SSSR count). The number of sulfonamides is 1. The minimum atomic E-state index is -3.16. The summed E-state index contributed by atoms with van der Waals surface area (Å²) in [5, 5.41) is 0. The quantitative estimate of drug-likeness (QED) is 0.924. The van der Waals surface area contributed by atoms with Gasteiger partial charge in [0.2, 0.25) is 10.0 Å². The van der Waals surface area contributed by atoms with Gasteiger partial charge < -0.3 is 5.73 Å². The van der Waals surface area contributed by atoms with Crippen molar-refractivity contribution in [3.8, 4) is 0 Å². The molecule has 116 valence electrons. The highest BCUT2D eigenvalue weighted by atomic mass is 32.2. The van der Waals surface area contributed by atoms with E-state index < -0.39 is 10.0 Å². The van der Waals surface area contributed by atoms with Gasteiger partial charge >= 0.3 is 0 Å². The predicted molar refractivity (Wildman–Crippen MR) is 84.5 cm³/mol. The van der Waals surface area contributed by atoms with Gasteiger partial charge in [-0.1, -0.05) is 43.2 Å². The van der Waals surface area contributed by atoms with Crippen LogP contribution < -0.4 is 5.73 Å². The second kappa shape index (κ2) is 6.07. The van der Waals surface area contributed by atoms with Gasteiger partial charge in [-0.2, -0.15) is 4.31 Å². The number of rotatable bonds is 4. The van der Waals surface area contributed by atoms with Crippen LogP contribution in [0.2, 0.25) is 0 Å². The Morgan fingerprint density at radius 3 is 2.43 bits per heavy atom. The lowest BCUT2D eigenvalue weighted by molar-refractivity contribution is 0.457. The third-order valence-corrected chi connectivity index (χ3v) is 6.85. The molecule has 2 N–H and O–H groups in total. The monoisotopic (exact) mass is 308 g/mol. The Balaban J connectivity index is 1.70. The van der Waals surface area contributed by atoms with Gasteiger partial charge in [0, 0.05) is 25.0 Å². The molecule has 0 spiro atoms. The van der Waals surface area contributed by atoms with Crippen molar-refractivity contribution >= 4 is 10.0 Å². The van der Waals surface area contributed by atoms with Crippen LogP contribution in [0.4, 0.5) is 0 Å². The molecule has 1 aliphatic heterocycles. The predicted octanol–water partition coefficient (Wildman–Crippen LogP) is 1.93. The van der Waals surface area contributed by atoms with E-state index in [1.165, 1.54) is 12.8 Å². The topological polar surface area (TPSA) is 63.4 Å². The van der Waals surface area contributed by atoms with Crippen LogP contribution in [0.5, 0.6) is 0 Å². The Labute approximate surface area is 127 Å². The molecule has 0 radical (unpaired) electrons. The molecule has 0 bridgehead atoms. The first-order chi connectivity index (χ1) is 10.1. The average molecular weight is 308 g/mol. The van der Waals surface area contributed by atoms with Crippen molar-refractivity contribution in [2.24, 2.45) is 11.7 Å². The van der Waals surface area contributed by atoms with Crippen molar-refractivity contribution in [2.45, 2.75) is 37.6 Å². The first-order valence-electron chi connectivity index (χ1n) is 7.84. The van der Waals surface area contributed by atoms with Crippen LogP contribution in [0, 0.1) is 5.92 Å². The Morgan fingerprint density at radius 1 is 1.10 bits per heavy atom. The number of benzene rings is 1. The van der Waals surface area contributed by atoms with Crippen molar-refractivity contribution in [2.75, 3.05) is 18.8 Å². The fourth-order valence-corrected chi connectivity index (χ4v) is 5.58. The summed E-state index contributed by atoms with van der Waals surface area (Å²) in [6.45, 7) is 0.981. The van der Waals surface area contributed by atoms with Crippen LogP contribution >= 0.6 is 0 Å². The molecule has 0 aromatic heterocycles. The number of hydrogen-bond acceptors (Lipinski definition) is 3. The summed E-state index contributed by atoms with van der Waals surface area (Å²) >= 11 is 0. The summed E-state index contributed by atoms with van der Waals surface area (Å²) in [5.41, 5.74) is 7.34. The second-order valence-electron chi connectivity index (χ2n) is 6.43. The molecular weight excluding hydrogens is 284 g/mol. The molecule has 21 heavy (non-hydrogen) atoms. The normalized spacial score (nSPS) is 28.2. The van der Waals surface area contributed by atoms with Crippen LogP contribution in [-0.4, -0.2) is 37.6 Å². The Bertz CT molecular complexity index is 567. The van der Waals surface area contributed by atoms with Crippen LogP contribution in [0.1, 0.15) is 37.2 Å². The molecule has 4 nitrogen and oxygen atoms in total. The zero-order valence-electron chi connectivity index (χ0n) is 12.3. The first-order valence-corrected chi connectivity index (χ1v) is 9.45. The zero-order chi connectivity index (χ0) is 14.9. The fraction of sp³-hybridized carbons (Fsp3) is 0.625. The summed E-state index contributed by atoms with van der Waals surface area (Å²) in [6.07, 6.45) is 4.46. The summed E-state index contributed by atoms with van der Waals surface area (Å²) in [5.74, 6) is 0.771. The van der Waals surface area contributed by atoms with E-state index in [1.807, 2.05) is 30.3 Å². The van der Waals surface area contributed by atoms with E-state index >= 15 is 0 Å². The maximum Gasteiger partial charge on any atom is 0.214 e. The van der Waals surface area contributed by atoms with Crippen LogP contribution in [0.25, 0.3) is 0 Å². The standard InChI is InChI=1S/C16H24N2O2S/c17-16-11-18(10-15(16)14-8-2-1-3-9-14)21(19,20)12-13-6-4-5-7-13/h1-3,8-9,13,15-16H,4-7,10-12,17H2/t15-,16+/m0/s1. The summed E-state index contributed by atoms with van der Waals surface area (Å²) < 4.78 is 26.8. The number of hydrogen-bond donors (Lipinski definition) is 1. The van der Waals surface area contributed by atoms with E-state index in [9.17, 15) is 8.42 Å². The largest absolute Gasteiger partial charge is 0.326 e. The summed E-state index contributed by atoms with van der Waals surface area (Å²) in [6, 6.07) is 9.91. The first kappa shape index (κ1) is 15.0. The van der Waals surface area contributed by atoms with E-state index in [0.29, 0.717) is 24.8 Å². The van der Waals surface area contributed by atoms with Crippen LogP contribution in [-0.2, 0) is 10.0 Å². The molecule has 1 aromatic carbocycles. The van der Waals surface area contributed by atoms with Gasteiger partial charge in [-0.05, 0) is 24.3 Å². The number of nitrogens with zero attached hydrogens (tertiary/aromatic N) is 1. The Hall–Kier alpha value is -0.910. The molecule has 2 aliphatic rings. The van der Waals surface area contributed by atoms with Gasteiger partial charge in [-0.3, -0.25) is 0 Å². The Morgan fingerprint density at radius 2 is 1.76 bits per heavy atom. The molecule has 1 aromatic rings. The fourth-order valence-electron chi connectivity index (χ4n) is 3.65. The molecule has 2 atom stereocenters. The molecule has 5 heteroatoms. The van der Waals surface area contributed by atoms with Crippen molar-refractivity contribution in [1.82, 2.24) is 4.31 Å². The molecule has 1 heterocycles. The molecular formula is C16H24N2O2S. The van der Waals surface area contributed by atoms with Crippen molar-refractivity contribution in [3.05, 3.63) is 35.9 Å². The van der Waals surface area contributed by atoms with Crippen molar-refractivity contribution in [3.63, 3.8) is 0 Å². The van der Waals surface area contributed by atoms with E-state index in [-0.39, 0.29) is 12.0 Å². The molecule has 1 aliphatic carbocycles. The maximum absolute atomic E-state index is 12.6.